The predicted molar refractivity (Wildman–Crippen MR) is 113 cm³/mol. The van der Waals surface area contributed by atoms with E-state index in [4.69, 9.17) is 0 Å². The highest BCUT2D eigenvalue weighted by Gasteiger charge is 2.45. The van der Waals surface area contributed by atoms with Crippen LogP contribution in [0.2, 0.25) is 0 Å². The molecule has 0 bridgehead atoms. The number of benzene rings is 1. The number of piperidine rings is 1. The van der Waals surface area contributed by atoms with Crippen LogP contribution < -0.4 is 16.0 Å². The van der Waals surface area contributed by atoms with E-state index in [1.165, 1.54) is 0 Å². The molecule has 1 aliphatic carbocycles. The lowest BCUT2D eigenvalue weighted by Crippen LogP contribution is -2.61. The molecule has 3 rings (SSSR count). The van der Waals surface area contributed by atoms with E-state index in [-0.39, 0.29) is 24.3 Å². The highest BCUT2D eigenvalue weighted by atomic mass is 35.5. The Hall–Kier alpha value is -1.79. The normalized spacial score (nSPS) is 20.9. The van der Waals surface area contributed by atoms with Crippen molar-refractivity contribution >= 4 is 24.3 Å². The van der Waals surface area contributed by atoms with Gasteiger partial charge in [-0.25, -0.2) is 4.79 Å². The number of hydrogen-bond donors (Lipinski definition) is 3. The number of urea groups is 1. The number of nitrogens with zero attached hydrogens (tertiary/aromatic N) is 1. The molecular formula is C21H33ClN4O2. The van der Waals surface area contributed by atoms with Crippen LogP contribution in [0, 0.1) is 5.92 Å². The fourth-order valence-corrected chi connectivity index (χ4v) is 4.42. The van der Waals surface area contributed by atoms with Crippen molar-refractivity contribution in [3.05, 3.63) is 35.9 Å². The summed E-state index contributed by atoms with van der Waals surface area (Å²) < 4.78 is 0. The average molecular weight is 409 g/mol. The van der Waals surface area contributed by atoms with Gasteiger partial charge in [0.1, 0.15) is 5.54 Å². The molecular weight excluding hydrogens is 376 g/mol. The summed E-state index contributed by atoms with van der Waals surface area (Å²) in [5.41, 5.74) is 0.313. The second kappa shape index (κ2) is 10.7. The monoisotopic (exact) mass is 408 g/mol. The van der Waals surface area contributed by atoms with Gasteiger partial charge in [-0.05, 0) is 50.8 Å². The summed E-state index contributed by atoms with van der Waals surface area (Å²) in [5.74, 6) is 0.605. The highest BCUT2D eigenvalue weighted by Crippen LogP contribution is 2.33. The Morgan fingerprint density at radius 3 is 2.54 bits per heavy atom. The van der Waals surface area contributed by atoms with Crippen LogP contribution in [0.3, 0.4) is 0 Å². The first kappa shape index (κ1) is 22.5. The summed E-state index contributed by atoms with van der Waals surface area (Å²) in [5, 5.41) is 9.18. The predicted octanol–water partition coefficient (Wildman–Crippen LogP) is 2.68. The molecule has 1 unspecified atom stereocenters. The summed E-state index contributed by atoms with van der Waals surface area (Å²) in [6.45, 7) is 2.98. The Morgan fingerprint density at radius 1 is 1.14 bits per heavy atom. The molecule has 0 spiro atoms. The third-order valence-electron chi connectivity index (χ3n) is 5.81. The van der Waals surface area contributed by atoms with Crippen molar-refractivity contribution in [1.29, 1.82) is 0 Å². The molecule has 2 fully saturated rings. The van der Waals surface area contributed by atoms with Gasteiger partial charge in [-0.15, -0.1) is 12.4 Å². The van der Waals surface area contributed by atoms with Gasteiger partial charge in [-0.1, -0.05) is 43.2 Å². The number of hydrogen-bond acceptors (Lipinski definition) is 3. The van der Waals surface area contributed by atoms with E-state index in [2.05, 4.69) is 16.0 Å². The molecule has 3 amide bonds. The second-order valence-electron chi connectivity index (χ2n) is 7.90. The largest absolute Gasteiger partial charge is 0.340 e. The third kappa shape index (κ3) is 5.61. The SMILES string of the molecule is CNCC1CCCN(C(=O)C2(NC(=O)NCc3ccccc3)CCCC2)C1.Cl. The number of rotatable bonds is 6. The fourth-order valence-electron chi connectivity index (χ4n) is 4.42. The van der Waals surface area contributed by atoms with E-state index in [0.29, 0.717) is 12.5 Å². The van der Waals surface area contributed by atoms with Gasteiger partial charge >= 0.3 is 6.03 Å². The van der Waals surface area contributed by atoms with Gasteiger partial charge in [-0.2, -0.15) is 0 Å². The van der Waals surface area contributed by atoms with E-state index in [1.807, 2.05) is 42.3 Å². The van der Waals surface area contributed by atoms with E-state index >= 15 is 0 Å². The van der Waals surface area contributed by atoms with Crippen molar-refractivity contribution in [2.75, 3.05) is 26.7 Å². The Balaban J connectivity index is 0.00000280. The van der Waals surface area contributed by atoms with Crippen LogP contribution in [-0.2, 0) is 11.3 Å². The van der Waals surface area contributed by atoms with Gasteiger partial charge in [0.25, 0.3) is 0 Å². The molecule has 0 aromatic heterocycles. The standard InChI is InChI=1S/C21H32N4O2.ClH/c1-22-14-18-10-7-13-25(16-18)19(26)21(11-5-6-12-21)24-20(27)23-15-17-8-3-2-4-9-17;/h2-4,8-9,18,22H,5-7,10-16H2,1H3,(H2,23,24,27);1H. The molecule has 7 heteroatoms. The Labute approximate surface area is 174 Å². The second-order valence-corrected chi connectivity index (χ2v) is 7.90. The highest BCUT2D eigenvalue weighted by molar-refractivity contribution is 5.91. The smallest absolute Gasteiger partial charge is 0.315 e. The van der Waals surface area contributed by atoms with E-state index < -0.39 is 5.54 Å². The number of carbonyl (C=O) groups excluding carboxylic acids is 2. The first-order chi connectivity index (χ1) is 13.1. The van der Waals surface area contributed by atoms with Gasteiger partial charge in [0.15, 0.2) is 0 Å². The topological polar surface area (TPSA) is 73.5 Å². The molecule has 1 atom stereocenters. The minimum atomic E-state index is -0.734. The molecule has 1 saturated heterocycles. The number of halogens is 1. The maximum absolute atomic E-state index is 13.3. The van der Waals surface area contributed by atoms with Gasteiger partial charge in [-0.3, -0.25) is 4.79 Å². The molecule has 1 aromatic carbocycles. The number of amides is 3. The minimum Gasteiger partial charge on any atom is -0.340 e. The first-order valence-electron chi connectivity index (χ1n) is 10.2. The zero-order chi connectivity index (χ0) is 19.1. The Kier molecular flexibility index (Phi) is 8.58. The van der Waals surface area contributed by atoms with Crippen LogP contribution in [0.25, 0.3) is 0 Å². The quantitative estimate of drug-likeness (QED) is 0.677. The van der Waals surface area contributed by atoms with Crippen LogP contribution >= 0.6 is 12.4 Å². The third-order valence-corrected chi connectivity index (χ3v) is 5.81. The van der Waals surface area contributed by atoms with Gasteiger partial charge < -0.3 is 20.9 Å². The Morgan fingerprint density at radius 2 is 1.86 bits per heavy atom. The molecule has 3 N–H and O–H groups in total. The van der Waals surface area contributed by atoms with E-state index in [9.17, 15) is 9.59 Å². The van der Waals surface area contributed by atoms with Crippen molar-refractivity contribution in [2.45, 2.75) is 50.6 Å². The fraction of sp³-hybridized carbons (Fsp3) is 0.619. The minimum absolute atomic E-state index is 0. The lowest BCUT2D eigenvalue weighted by atomic mass is 9.91. The van der Waals surface area contributed by atoms with Crippen molar-refractivity contribution in [2.24, 2.45) is 5.92 Å². The van der Waals surface area contributed by atoms with Crippen molar-refractivity contribution in [3.8, 4) is 0 Å². The van der Waals surface area contributed by atoms with E-state index in [0.717, 1.165) is 63.7 Å². The maximum atomic E-state index is 13.3. The molecule has 1 heterocycles. The summed E-state index contributed by atoms with van der Waals surface area (Å²) in [7, 11) is 1.96. The zero-order valence-corrected chi connectivity index (χ0v) is 17.5. The summed E-state index contributed by atoms with van der Waals surface area (Å²) >= 11 is 0. The van der Waals surface area contributed by atoms with Crippen LogP contribution in [-0.4, -0.2) is 49.1 Å². The molecule has 2 aliphatic rings. The van der Waals surface area contributed by atoms with Crippen LogP contribution in [0.5, 0.6) is 0 Å². The van der Waals surface area contributed by atoms with Crippen LogP contribution in [0.15, 0.2) is 30.3 Å². The summed E-state index contributed by atoms with van der Waals surface area (Å²) in [4.78, 5) is 27.9. The van der Waals surface area contributed by atoms with Crippen LogP contribution in [0.4, 0.5) is 4.79 Å². The first-order valence-corrected chi connectivity index (χ1v) is 10.2. The van der Waals surface area contributed by atoms with E-state index in [1.54, 1.807) is 0 Å². The molecule has 156 valence electrons. The zero-order valence-electron chi connectivity index (χ0n) is 16.7. The maximum Gasteiger partial charge on any atom is 0.315 e. The molecule has 1 aromatic rings. The van der Waals surface area contributed by atoms with Gasteiger partial charge in [0.05, 0.1) is 0 Å². The van der Waals surface area contributed by atoms with Crippen molar-refractivity contribution in [1.82, 2.24) is 20.9 Å². The summed E-state index contributed by atoms with van der Waals surface area (Å²) in [6, 6.07) is 9.57. The molecule has 1 aliphatic heterocycles. The lowest BCUT2D eigenvalue weighted by molar-refractivity contribution is -0.139. The van der Waals surface area contributed by atoms with Crippen LogP contribution in [0.1, 0.15) is 44.1 Å². The molecule has 1 saturated carbocycles. The summed E-state index contributed by atoms with van der Waals surface area (Å²) in [6.07, 6.45) is 5.63. The molecule has 0 radical (unpaired) electrons. The number of nitrogens with one attached hydrogen (secondary N) is 3. The van der Waals surface area contributed by atoms with Gasteiger partial charge in [0.2, 0.25) is 5.91 Å². The van der Waals surface area contributed by atoms with Crippen molar-refractivity contribution < 1.29 is 9.59 Å². The Bertz CT molecular complexity index is 633. The molecule has 28 heavy (non-hydrogen) atoms. The number of carbonyl (C=O) groups is 2. The lowest BCUT2D eigenvalue weighted by Gasteiger charge is -2.39. The molecule has 6 nitrogen and oxygen atoms in total. The average Bonchev–Trinajstić information content (AvgIpc) is 3.17. The van der Waals surface area contributed by atoms with Gasteiger partial charge in [0, 0.05) is 19.6 Å². The number of likely N-dealkylation sites (tertiary alicyclic amines) is 1. The van der Waals surface area contributed by atoms with Crippen molar-refractivity contribution in [3.63, 3.8) is 0 Å².